The van der Waals surface area contributed by atoms with E-state index in [1.807, 2.05) is 20.8 Å². The van der Waals surface area contributed by atoms with Crippen LogP contribution in [0.5, 0.6) is 0 Å². The summed E-state index contributed by atoms with van der Waals surface area (Å²) in [6.07, 6.45) is 1.39. The van der Waals surface area contributed by atoms with Gasteiger partial charge >= 0.3 is 5.97 Å². The lowest BCUT2D eigenvalue weighted by molar-refractivity contribution is -0.150. The van der Waals surface area contributed by atoms with Crippen LogP contribution in [0.2, 0.25) is 0 Å². The van der Waals surface area contributed by atoms with Gasteiger partial charge in [0.25, 0.3) is 0 Å². The molecule has 4 heteroatoms. The number of carbonyl (C=O) groups excluding carboxylic acids is 1. The molecule has 0 saturated carbocycles. The van der Waals surface area contributed by atoms with Gasteiger partial charge in [0.15, 0.2) is 0 Å². The number of carbonyl (C=O) groups is 2. The maximum atomic E-state index is 12.0. The zero-order chi connectivity index (χ0) is 11.6. The van der Waals surface area contributed by atoms with Crippen molar-refractivity contribution in [2.24, 2.45) is 11.8 Å². The van der Waals surface area contributed by atoms with Crippen molar-refractivity contribution in [2.45, 2.75) is 39.7 Å². The molecule has 1 fully saturated rings. The SMILES string of the molecule is CC(C)[C@H](C)C(=O)N1CCCC1C(=O)O. The lowest BCUT2D eigenvalue weighted by Gasteiger charge is -2.26. The molecule has 0 spiro atoms. The maximum absolute atomic E-state index is 12.0. The predicted octanol–water partition coefficient (Wildman–Crippen LogP) is 1.35. The molecule has 15 heavy (non-hydrogen) atoms. The van der Waals surface area contributed by atoms with Crippen LogP contribution < -0.4 is 0 Å². The van der Waals surface area contributed by atoms with Gasteiger partial charge in [-0.15, -0.1) is 0 Å². The van der Waals surface area contributed by atoms with E-state index >= 15 is 0 Å². The summed E-state index contributed by atoms with van der Waals surface area (Å²) < 4.78 is 0. The van der Waals surface area contributed by atoms with E-state index in [4.69, 9.17) is 5.11 Å². The van der Waals surface area contributed by atoms with Gasteiger partial charge in [-0.1, -0.05) is 20.8 Å². The first-order valence-corrected chi connectivity index (χ1v) is 5.48. The van der Waals surface area contributed by atoms with Crippen molar-refractivity contribution in [3.8, 4) is 0 Å². The summed E-state index contributed by atoms with van der Waals surface area (Å²) in [5, 5.41) is 8.96. The predicted molar refractivity (Wildman–Crippen MR) is 56.4 cm³/mol. The molecule has 1 unspecified atom stereocenters. The first-order chi connectivity index (χ1) is 6.95. The average Bonchev–Trinajstić information content (AvgIpc) is 2.63. The first kappa shape index (κ1) is 12.0. The Bertz CT molecular complexity index is 263. The lowest BCUT2D eigenvalue weighted by atomic mass is 9.96. The Morgan fingerprint density at radius 2 is 1.93 bits per heavy atom. The Labute approximate surface area is 90.3 Å². The van der Waals surface area contributed by atoms with Crippen LogP contribution in [0.3, 0.4) is 0 Å². The number of likely N-dealkylation sites (tertiary alicyclic amines) is 1. The first-order valence-electron chi connectivity index (χ1n) is 5.48. The second kappa shape index (κ2) is 4.64. The van der Waals surface area contributed by atoms with Crippen molar-refractivity contribution in [1.82, 2.24) is 4.90 Å². The number of carboxylic acids is 1. The Balaban J connectivity index is 2.70. The molecular weight excluding hydrogens is 194 g/mol. The molecule has 2 atom stereocenters. The molecule has 4 nitrogen and oxygen atoms in total. The Morgan fingerprint density at radius 3 is 2.40 bits per heavy atom. The van der Waals surface area contributed by atoms with Crippen LogP contribution in [0.1, 0.15) is 33.6 Å². The van der Waals surface area contributed by atoms with Gasteiger partial charge in [-0.25, -0.2) is 4.79 Å². The van der Waals surface area contributed by atoms with Crippen LogP contribution in [0, 0.1) is 11.8 Å². The van der Waals surface area contributed by atoms with Crippen molar-refractivity contribution in [1.29, 1.82) is 0 Å². The van der Waals surface area contributed by atoms with Gasteiger partial charge in [0.05, 0.1) is 0 Å². The molecule has 0 aromatic heterocycles. The summed E-state index contributed by atoms with van der Waals surface area (Å²) in [6.45, 7) is 6.42. The molecule has 0 aliphatic carbocycles. The molecular formula is C11H19NO3. The largest absolute Gasteiger partial charge is 0.480 e. The number of aliphatic carboxylic acids is 1. The van der Waals surface area contributed by atoms with Crippen molar-refractivity contribution in [2.75, 3.05) is 6.54 Å². The van der Waals surface area contributed by atoms with E-state index in [-0.39, 0.29) is 17.7 Å². The van der Waals surface area contributed by atoms with Gasteiger partial charge in [-0.3, -0.25) is 4.79 Å². The van der Waals surface area contributed by atoms with E-state index < -0.39 is 12.0 Å². The third kappa shape index (κ3) is 2.49. The molecule has 1 amide bonds. The molecule has 1 heterocycles. The minimum absolute atomic E-state index is 0.0186. The fourth-order valence-electron chi connectivity index (χ4n) is 1.83. The minimum atomic E-state index is -0.878. The smallest absolute Gasteiger partial charge is 0.326 e. The summed E-state index contributed by atoms with van der Waals surface area (Å²) in [4.78, 5) is 24.4. The van der Waals surface area contributed by atoms with Crippen molar-refractivity contribution < 1.29 is 14.7 Å². The van der Waals surface area contributed by atoms with Gasteiger partial charge in [0, 0.05) is 12.5 Å². The molecule has 1 aliphatic heterocycles. The highest BCUT2D eigenvalue weighted by Crippen LogP contribution is 2.22. The highest BCUT2D eigenvalue weighted by Gasteiger charge is 2.36. The number of carboxylic acid groups (broad SMARTS) is 1. The number of amides is 1. The van der Waals surface area contributed by atoms with E-state index in [1.54, 1.807) is 0 Å². The molecule has 1 rings (SSSR count). The van der Waals surface area contributed by atoms with Crippen LogP contribution in [-0.2, 0) is 9.59 Å². The van der Waals surface area contributed by atoms with Crippen molar-refractivity contribution in [3.05, 3.63) is 0 Å². The van der Waals surface area contributed by atoms with Crippen molar-refractivity contribution in [3.63, 3.8) is 0 Å². The van der Waals surface area contributed by atoms with Crippen molar-refractivity contribution >= 4 is 11.9 Å². The van der Waals surface area contributed by atoms with Gasteiger partial charge in [-0.05, 0) is 18.8 Å². The maximum Gasteiger partial charge on any atom is 0.326 e. The summed E-state index contributed by atoms with van der Waals surface area (Å²) in [6, 6.07) is -0.598. The Morgan fingerprint density at radius 1 is 1.33 bits per heavy atom. The monoisotopic (exact) mass is 213 g/mol. The van der Waals surface area contributed by atoms with Crippen LogP contribution in [-0.4, -0.2) is 34.5 Å². The Hall–Kier alpha value is -1.06. The van der Waals surface area contributed by atoms with Crippen LogP contribution >= 0.6 is 0 Å². The van der Waals surface area contributed by atoms with Gasteiger partial charge in [0.2, 0.25) is 5.91 Å². The summed E-state index contributed by atoms with van der Waals surface area (Å²) in [5.74, 6) is -0.732. The molecule has 0 radical (unpaired) electrons. The van der Waals surface area contributed by atoms with Crippen LogP contribution in [0.25, 0.3) is 0 Å². The van der Waals surface area contributed by atoms with Gasteiger partial charge < -0.3 is 10.0 Å². The molecule has 86 valence electrons. The Kier molecular flexibility index (Phi) is 3.72. The van der Waals surface area contributed by atoms with E-state index in [0.29, 0.717) is 13.0 Å². The highest BCUT2D eigenvalue weighted by atomic mass is 16.4. The molecule has 1 N–H and O–H groups in total. The van der Waals surface area contributed by atoms with E-state index in [9.17, 15) is 9.59 Å². The fourth-order valence-corrected chi connectivity index (χ4v) is 1.83. The molecule has 0 aromatic rings. The lowest BCUT2D eigenvalue weighted by Crippen LogP contribution is -2.43. The highest BCUT2D eigenvalue weighted by molar-refractivity contribution is 5.85. The third-order valence-corrected chi connectivity index (χ3v) is 3.21. The zero-order valence-corrected chi connectivity index (χ0v) is 9.56. The molecule has 0 aromatic carbocycles. The average molecular weight is 213 g/mol. The molecule has 0 bridgehead atoms. The normalized spacial score (nSPS) is 23.2. The van der Waals surface area contributed by atoms with Gasteiger partial charge in [0.1, 0.15) is 6.04 Å². The third-order valence-electron chi connectivity index (χ3n) is 3.21. The second-order valence-corrected chi connectivity index (χ2v) is 4.56. The number of hydrogen-bond acceptors (Lipinski definition) is 2. The summed E-state index contributed by atoms with van der Waals surface area (Å²) in [7, 11) is 0. The fraction of sp³-hybridized carbons (Fsp3) is 0.818. The number of hydrogen-bond donors (Lipinski definition) is 1. The molecule has 1 saturated heterocycles. The number of nitrogens with zero attached hydrogens (tertiary/aromatic N) is 1. The zero-order valence-electron chi connectivity index (χ0n) is 9.56. The molecule has 1 aliphatic rings. The standard InChI is InChI=1S/C11H19NO3/c1-7(2)8(3)10(13)12-6-4-5-9(12)11(14)15/h7-9H,4-6H2,1-3H3,(H,14,15)/t8-,9?/m0/s1. The number of rotatable bonds is 3. The summed E-state index contributed by atoms with van der Waals surface area (Å²) in [5.41, 5.74) is 0. The van der Waals surface area contributed by atoms with E-state index in [0.717, 1.165) is 6.42 Å². The van der Waals surface area contributed by atoms with Crippen LogP contribution in [0.15, 0.2) is 0 Å². The van der Waals surface area contributed by atoms with Gasteiger partial charge in [-0.2, -0.15) is 0 Å². The van der Waals surface area contributed by atoms with E-state index in [1.165, 1.54) is 4.90 Å². The topological polar surface area (TPSA) is 57.6 Å². The quantitative estimate of drug-likeness (QED) is 0.770. The van der Waals surface area contributed by atoms with E-state index in [2.05, 4.69) is 0 Å². The summed E-state index contributed by atoms with van der Waals surface area (Å²) >= 11 is 0. The second-order valence-electron chi connectivity index (χ2n) is 4.56. The van der Waals surface area contributed by atoms with Crippen LogP contribution in [0.4, 0.5) is 0 Å². The minimum Gasteiger partial charge on any atom is -0.480 e.